The fourth-order valence-corrected chi connectivity index (χ4v) is 2.78. The lowest BCUT2D eigenvalue weighted by atomic mass is 9.86. The van der Waals surface area contributed by atoms with E-state index in [-0.39, 0.29) is 0 Å². The SMILES string of the molecule is CC1CCCc2c(-c3ccccc3)c[nH]c21. The lowest BCUT2D eigenvalue weighted by Gasteiger charge is -2.19. The summed E-state index contributed by atoms with van der Waals surface area (Å²) in [7, 11) is 0. The first-order chi connectivity index (χ1) is 7.86. The maximum absolute atomic E-state index is 3.47. The van der Waals surface area contributed by atoms with Gasteiger partial charge < -0.3 is 4.98 Å². The Morgan fingerprint density at radius 3 is 2.81 bits per heavy atom. The second-order valence-electron chi connectivity index (χ2n) is 4.75. The van der Waals surface area contributed by atoms with Crippen LogP contribution in [0.15, 0.2) is 36.5 Å². The lowest BCUT2D eigenvalue weighted by Crippen LogP contribution is -2.06. The maximum Gasteiger partial charge on any atom is 0.0214 e. The first-order valence-corrected chi connectivity index (χ1v) is 6.12. The number of hydrogen-bond donors (Lipinski definition) is 1. The molecule has 1 atom stereocenters. The van der Waals surface area contributed by atoms with Crippen LogP contribution in [-0.2, 0) is 6.42 Å². The molecule has 1 nitrogen and oxygen atoms in total. The van der Waals surface area contributed by atoms with Crippen LogP contribution in [0.4, 0.5) is 0 Å². The Kier molecular flexibility index (Phi) is 2.32. The van der Waals surface area contributed by atoms with Gasteiger partial charge in [0.2, 0.25) is 0 Å². The van der Waals surface area contributed by atoms with Gasteiger partial charge in [-0.3, -0.25) is 0 Å². The molecule has 82 valence electrons. The zero-order valence-corrected chi connectivity index (χ0v) is 9.66. The monoisotopic (exact) mass is 211 g/mol. The average molecular weight is 211 g/mol. The summed E-state index contributed by atoms with van der Waals surface area (Å²) in [5.74, 6) is 0.696. The first-order valence-electron chi connectivity index (χ1n) is 6.12. The topological polar surface area (TPSA) is 15.8 Å². The normalized spacial score (nSPS) is 19.4. The molecule has 16 heavy (non-hydrogen) atoms. The van der Waals surface area contributed by atoms with Crippen LogP contribution in [0.1, 0.15) is 36.9 Å². The van der Waals surface area contributed by atoms with Crippen LogP contribution in [0.25, 0.3) is 11.1 Å². The third-order valence-corrected chi connectivity index (χ3v) is 3.66. The number of nitrogens with one attached hydrogen (secondary N) is 1. The van der Waals surface area contributed by atoms with Gasteiger partial charge in [-0.15, -0.1) is 0 Å². The number of benzene rings is 1. The van der Waals surface area contributed by atoms with Crippen molar-refractivity contribution in [3.05, 3.63) is 47.8 Å². The summed E-state index contributed by atoms with van der Waals surface area (Å²) in [6.45, 7) is 2.32. The quantitative estimate of drug-likeness (QED) is 0.730. The van der Waals surface area contributed by atoms with Crippen LogP contribution < -0.4 is 0 Å². The molecule has 0 saturated carbocycles. The van der Waals surface area contributed by atoms with Gasteiger partial charge in [-0.2, -0.15) is 0 Å². The van der Waals surface area contributed by atoms with Gasteiger partial charge in [0, 0.05) is 17.5 Å². The zero-order chi connectivity index (χ0) is 11.0. The minimum Gasteiger partial charge on any atom is -0.364 e. The van der Waals surface area contributed by atoms with Crippen LogP contribution >= 0.6 is 0 Å². The van der Waals surface area contributed by atoms with Crippen molar-refractivity contribution in [2.45, 2.75) is 32.1 Å². The van der Waals surface area contributed by atoms with Gasteiger partial charge in [-0.05, 0) is 36.3 Å². The highest BCUT2D eigenvalue weighted by molar-refractivity contribution is 5.68. The van der Waals surface area contributed by atoms with E-state index in [0.717, 1.165) is 0 Å². The second-order valence-corrected chi connectivity index (χ2v) is 4.75. The van der Waals surface area contributed by atoms with Crippen molar-refractivity contribution in [2.75, 3.05) is 0 Å². The highest BCUT2D eigenvalue weighted by Gasteiger charge is 2.21. The van der Waals surface area contributed by atoms with Crippen LogP contribution in [0.5, 0.6) is 0 Å². The predicted molar refractivity (Wildman–Crippen MR) is 67.6 cm³/mol. The molecule has 1 N–H and O–H groups in total. The molecule has 0 amide bonds. The van der Waals surface area contributed by atoms with E-state index in [1.54, 1.807) is 5.56 Å². The van der Waals surface area contributed by atoms with E-state index in [0.29, 0.717) is 5.92 Å². The second kappa shape index (κ2) is 3.82. The van der Waals surface area contributed by atoms with Crippen LogP contribution in [0.2, 0.25) is 0 Å². The molecule has 1 unspecified atom stereocenters. The number of fused-ring (bicyclic) bond motifs is 1. The van der Waals surface area contributed by atoms with Gasteiger partial charge in [-0.1, -0.05) is 37.3 Å². The molecule has 0 bridgehead atoms. The van der Waals surface area contributed by atoms with Gasteiger partial charge >= 0.3 is 0 Å². The summed E-state index contributed by atoms with van der Waals surface area (Å²) in [5, 5.41) is 0. The fourth-order valence-electron chi connectivity index (χ4n) is 2.78. The molecule has 0 aliphatic heterocycles. The lowest BCUT2D eigenvalue weighted by molar-refractivity contribution is 0.581. The van der Waals surface area contributed by atoms with Crippen LogP contribution in [-0.4, -0.2) is 4.98 Å². The van der Waals surface area contributed by atoms with Crippen LogP contribution in [0.3, 0.4) is 0 Å². The van der Waals surface area contributed by atoms with E-state index in [9.17, 15) is 0 Å². The van der Waals surface area contributed by atoms with Crippen molar-refractivity contribution in [3.8, 4) is 11.1 Å². The van der Waals surface area contributed by atoms with Gasteiger partial charge in [0.15, 0.2) is 0 Å². The minimum atomic E-state index is 0.696. The first kappa shape index (κ1) is 9.71. The maximum atomic E-state index is 3.47. The summed E-state index contributed by atoms with van der Waals surface area (Å²) < 4.78 is 0. The van der Waals surface area contributed by atoms with Crippen molar-refractivity contribution >= 4 is 0 Å². The van der Waals surface area contributed by atoms with E-state index < -0.39 is 0 Å². The van der Waals surface area contributed by atoms with E-state index in [2.05, 4.69) is 48.4 Å². The Balaban J connectivity index is 2.10. The number of hydrogen-bond acceptors (Lipinski definition) is 0. The van der Waals surface area contributed by atoms with E-state index in [1.807, 2.05) is 0 Å². The van der Waals surface area contributed by atoms with Gasteiger partial charge in [0.1, 0.15) is 0 Å². The average Bonchev–Trinajstić information content (AvgIpc) is 2.75. The third kappa shape index (κ3) is 1.47. The van der Waals surface area contributed by atoms with E-state index in [1.165, 1.54) is 36.1 Å². The number of rotatable bonds is 1. The molecule has 1 heterocycles. The molecule has 1 aromatic heterocycles. The summed E-state index contributed by atoms with van der Waals surface area (Å²) >= 11 is 0. The number of H-pyrrole nitrogens is 1. The molecular weight excluding hydrogens is 194 g/mol. The Hall–Kier alpha value is -1.50. The van der Waals surface area contributed by atoms with Crippen molar-refractivity contribution in [2.24, 2.45) is 0 Å². The third-order valence-electron chi connectivity index (χ3n) is 3.66. The minimum absolute atomic E-state index is 0.696. The summed E-state index contributed by atoms with van der Waals surface area (Å²) in [6.07, 6.45) is 6.06. The van der Waals surface area contributed by atoms with Crippen molar-refractivity contribution in [1.29, 1.82) is 0 Å². The largest absolute Gasteiger partial charge is 0.364 e. The van der Waals surface area contributed by atoms with Crippen molar-refractivity contribution < 1.29 is 0 Å². The summed E-state index contributed by atoms with van der Waals surface area (Å²) in [6, 6.07) is 10.7. The summed E-state index contributed by atoms with van der Waals surface area (Å²) in [5.41, 5.74) is 5.76. The molecule has 1 heteroatoms. The standard InChI is InChI=1S/C15H17N/c1-11-6-5-9-13-14(10-16-15(11)13)12-7-3-2-4-8-12/h2-4,7-8,10-11,16H,5-6,9H2,1H3. The highest BCUT2D eigenvalue weighted by atomic mass is 14.7. The van der Waals surface area contributed by atoms with Crippen molar-refractivity contribution in [1.82, 2.24) is 4.98 Å². The van der Waals surface area contributed by atoms with Gasteiger partial charge in [-0.25, -0.2) is 0 Å². The molecule has 0 spiro atoms. The highest BCUT2D eigenvalue weighted by Crippen LogP contribution is 2.36. The zero-order valence-electron chi connectivity index (χ0n) is 9.66. The van der Waals surface area contributed by atoms with Gasteiger partial charge in [0.05, 0.1) is 0 Å². The van der Waals surface area contributed by atoms with E-state index in [4.69, 9.17) is 0 Å². The Bertz CT molecular complexity index is 481. The molecular formula is C15H17N. The van der Waals surface area contributed by atoms with E-state index >= 15 is 0 Å². The molecule has 0 radical (unpaired) electrons. The smallest absolute Gasteiger partial charge is 0.0214 e. The van der Waals surface area contributed by atoms with Gasteiger partial charge in [0.25, 0.3) is 0 Å². The van der Waals surface area contributed by atoms with Crippen LogP contribution in [0, 0.1) is 0 Å². The predicted octanol–water partition coefficient (Wildman–Crippen LogP) is 4.12. The molecule has 2 aromatic rings. The fraction of sp³-hybridized carbons (Fsp3) is 0.333. The molecule has 0 fully saturated rings. The molecule has 1 aromatic carbocycles. The Morgan fingerprint density at radius 1 is 1.19 bits per heavy atom. The molecule has 0 saturated heterocycles. The summed E-state index contributed by atoms with van der Waals surface area (Å²) in [4.78, 5) is 3.47. The Labute approximate surface area is 96.5 Å². The molecule has 1 aliphatic rings. The number of aromatic amines is 1. The molecule has 3 rings (SSSR count). The van der Waals surface area contributed by atoms with Crippen molar-refractivity contribution in [3.63, 3.8) is 0 Å². The Morgan fingerprint density at radius 2 is 2.00 bits per heavy atom. The number of aromatic nitrogens is 1. The molecule has 1 aliphatic carbocycles.